The van der Waals surface area contributed by atoms with Gasteiger partial charge in [0.25, 0.3) is 0 Å². The standard InChI is InChI=1S/C23H29N3O3S/c27-22(25-15-11-19-8-3-1-4-9-19)21-17-26(18-23(21)12-5-2-6-13-23)30(28,29)20-10-7-14-24-16-20/h1,3-4,7-10,14,16,21H,2,5-6,11-13,15,17-18H2,(H,25,27)/t21-/m0/s1. The smallest absolute Gasteiger partial charge is 0.244 e. The predicted octanol–water partition coefficient (Wildman–Crippen LogP) is 3.01. The minimum absolute atomic E-state index is 0.0169. The molecular weight excluding hydrogens is 398 g/mol. The molecule has 2 aliphatic rings. The van der Waals surface area contributed by atoms with Crippen LogP contribution in [0.3, 0.4) is 0 Å². The van der Waals surface area contributed by atoms with Crippen molar-refractivity contribution in [3.63, 3.8) is 0 Å². The molecule has 1 saturated carbocycles. The normalized spacial score (nSPS) is 21.5. The Hall–Kier alpha value is -2.25. The van der Waals surface area contributed by atoms with Gasteiger partial charge in [0.05, 0.1) is 5.92 Å². The first kappa shape index (κ1) is 21.0. The first-order valence-corrected chi connectivity index (χ1v) is 12.2. The number of rotatable bonds is 6. The molecule has 1 atom stereocenters. The summed E-state index contributed by atoms with van der Waals surface area (Å²) < 4.78 is 27.9. The summed E-state index contributed by atoms with van der Waals surface area (Å²) in [5.41, 5.74) is 0.919. The number of nitrogens with zero attached hydrogens (tertiary/aromatic N) is 2. The number of sulfonamides is 1. The van der Waals surface area contributed by atoms with E-state index in [1.54, 1.807) is 18.3 Å². The molecule has 0 radical (unpaired) electrons. The number of aromatic nitrogens is 1. The average Bonchev–Trinajstić information content (AvgIpc) is 3.15. The monoisotopic (exact) mass is 427 g/mol. The van der Waals surface area contributed by atoms with Crippen molar-refractivity contribution in [3.05, 3.63) is 60.4 Å². The lowest BCUT2D eigenvalue weighted by molar-refractivity contribution is -0.128. The molecule has 1 aromatic heterocycles. The number of benzene rings is 1. The second-order valence-corrected chi connectivity index (χ2v) is 10.4. The molecule has 1 aliphatic heterocycles. The van der Waals surface area contributed by atoms with E-state index in [1.165, 1.54) is 16.1 Å². The van der Waals surface area contributed by atoms with E-state index in [2.05, 4.69) is 10.3 Å². The van der Waals surface area contributed by atoms with Gasteiger partial charge in [0, 0.05) is 32.0 Å². The summed E-state index contributed by atoms with van der Waals surface area (Å²) in [6.07, 6.45) is 8.78. The first-order chi connectivity index (χ1) is 14.5. The highest BCUT2D eigenvalue weighted by Crippen LogP contribution is 2.48. The zero-order chi connectivity index (χ0) is 21.0. The zero-order valence-electron chi connectivity index (χ0n) is 17.2. The Balaban J connectivity index is 1.49. The Morgan fingerprint density at radius 1 is 1.10 bits per heavy atom. The highest BCUT2D eigenvalue weighted by molar-refractivity contribution is 7.89. The largest absolute Gasteiger partial charge is 0.355 e. The molecule has 160 valence electrons. The molecule has 0 bridgehead atoms. The van der Waals surface area contributed by atoms with Crippen LogP contribution >= 0.6 is 0 Å². The molecule has 30 heavy (non-hydrogen) atoms. The van der Waals surface area contributed by atoms with Crippen LogP contribution in [0.1, 0.15) is 37.7 Å². The highest BCUT2D eigenvalue weighted by Gasteiger charge is 2.53. The Morgan fingerprint density at radius 3 is 2.57 bits per heavy atom. The van der Waals surface area contributed by atoms with E-state index >= 15 is 0 Å². The van der Waals surface area contributed by atoms with Crippen molar-refractivity contribution in [1.29, 1.82) is 0 Å². The Kier molecular flexibility index (Phi) is 6.20. The molecule has 1 amide bonds. The topological polar surface area (TPSA) is 79.4 Å². The molecule has 2 heterocycles. The minimum atomic E-state index is -3.65. The van der Waals surface area contributed by atoms with E-state index in [0.29, 0.717) is 13.1 Å². The van der Waals surface area contributed by atoms with E-state index in [9.17, 15) is 13.2 Å². The Morgan fingerprint density at radius 2 is 1.87 bits per heavy atom. The summed E-state index contributed by atoms with van der Waals surface area (Å²) in [6.45, 7) is 1.22. The van der Waals surface area contributed by atoms with Crippen molar-refractivity contribution in [2.75, 3.05) is 19.6 Å². The van der Waals surface area contributed by atoms with Gasteiger partial charge in [-0.1, -0.05) is 49.6 Å². The molecule has 2 fully saturated rings. The van der Waals surface area contributed by atoms with Crippen molar-refractivity contribution in [2.24, 2.45) is 11.3 Å². The van der Waals surface area contributed by atoms with Crippen molar-refractivity contribution in [2.45, 2.75) is 43.4 Å². The summed E-state index contributed by atoms with van der Waals surface area (Å²) in [5, 5.41) is 3.08. The molecule has 6 nitrogen and oxygen atoms in total. The van der Waals surface area contributed by atoms with E-state index in [-0.39, 0.29) is 28.7 Å². The summed E-state index contributed by atoms with van der Waals surface area (Å²) in [5.74, 6) is -0.322. The van der Waals surface area contributed by atoms with Crippen LogP contribution < -0.4 is 5.32 Å². The fourth-order valence-electron chi connectivity index (χ4n) is 4.98. The third-order valence-corrected chi connectivity index (χ3v) is 8.41. The van der Waals surface area contributed by atoms with Gasteiger partial charge in [-0.25, -0.2) is 8.42 Å². The van der Waals surface area contributed by atoms with Gasteiger partial charge in [-0.15, -0.1) is 0 Å². The minimum Gasteiger partial charge on any atom is -0.355 e. The lowest BCUT2D eigenvalue weighted by Gasteiger charge is -2.37. The van der Waals surface area contributed by atoms with E-state index in [1.807, 2.05) is 30.3 Å². The summed E-state index contributed by atoms with van der Waals surface area (Å²) in [4.78, 5) is 17.3. The number of amides is 1. The van der Waals surface area contributed by atoms with Gasteiger partial charge < -0.3 is 5.32 Å². The summed E-state index contributed by atoms with van der Waals surface area (Å²) >= 11 is 0. The summed E-state index contributed by atoms with van der Waals surface area (Å²) in [6, 6.07) is 13.3. The van der Waals surface area contributed by atoms with Crippen molar-refractivity contribution >= 4 is 15.9 Å². The van der Waals surface area contributed by atoms with Crippen LogP contribution in [0.2, 0.25) is 0 Å². The maximum absolute atomic E-state index is 13.2. The van der Waals surface area contributed by atoms with Gasteiger partial charge in [0.2, 0.25) is 15.9 Å². The van der Waals surface area contributed by atoms with Crippen LogP contribution in [0.4, 0.5) is 0 Å². The Labute approximate surface area is 178 Å². The molecule has 4 rings (SSSR count). The molecule has 1 N–H and O–H groups in total. The lowest BCUT2D eigenvalue weighted by Crippen LogP contribution is -2.43. The number of carbonyl (C=O) groups excluding carboxylic acids is 1. The number of carbonyl (C=O) groups is 1. The number of hydrogen-bond acceptors (Lipinski definition) is 4. The van der Waals surface area contributed by atoms with Crippen molar-refractivity contribution in [3.8, 4) is 0 Å². The number of hydrogen-bond donors (Lipinski definition) is 1. The van der Waals surface area contributed by atoms with Crippen LogP contribution in [-0.4, -0.2) is 43.2 Å². The second-order valence-electron chi connectivity index (χ2n) is 8.49. The van der Waals surface area contributed by atoms with E-state index < -0.39 is 10.0 Å². The first-order valence-electron chi connectivity index (χ1n) is 10.7. The molecular formula is C23H29N3O3S. The van der Waals surface area contributed by atoms with Gasteiger partial charge in [0.15, 0.2) is 0 Å². The van der Waals surface area contributed by atoms with Crippen LogP contribution in [0.15, 0.2) is 59.8 Å². The Bertz CT molecular complexity index is 958. The predicted molar refractivity (Wildman–Crippen MR) is 115 cm³/mol. The SMILES string of the molecule is O=C(NCCc1ccccc1)[C@@H]1CN(S(=O)(=O)c2cccnc2)CC12CCCCC2. The molecule has 1 aliphatic carbocycles. The fraction of sp³-hybridized carbons (Fsp3) is 0.478. The molecule has 1 aromatic carbocycles. The maximum atomic E-state index is 13.2. The van der Waals surface area contributed by atoms with E-state index in [4.69, 9.17) is 0 Å². The summed E-state index contributed by atoms with van der Waals surface area (Å²) in [7, 11) is -3.65. The van der Waals surface area contributed by atoms with Gasteiger partial charge in [-0.05, 0) is 42.4 Å². The zero-order valence-corrected chi connectivity index (χ0v) is 18.0. The third kappa shape index (κ3) is 4.27. The van der Waals surface area contributed by atoms with Gasteiger partial charge in [-0.3, -0.25) is 9.78 Å². The van der Waals surface area contributed by atoms with Crippen molar-refractivity contribution < 1.29 is 13.2 Å². The molecule has 0 unspecified atom stereocenters. The van der Waals surface area contributed by atoms with Crippen LogP contribution in [0.25, 0.3) is 0 Å². The molecule has 7 heteroatoms. The highest BCUT2D eigenvalue weighted by atomic mass is 32.2. The molecule has 2 aromatic rings. The second kappa shape index (κ2) is 8.86. The fourth-order valence-corrected chi connectivity index (χ4v) is 6.49. The molecule has 1 spiro atoms. The van der Waals surface area contributed by atoms with E-state index in [0.717, 1.165) is 38.5 Å². The van der Waals surface area contributed by atoms with Crippen LogP contribution in [0.5, 0.6) is 0 Å². The quantitative estimate of drug-likeness (QED) is 0.769. The number of nitrogens with one attached hydrogen (secondary N) is 1. The van der Waals surface area contributed by atoms with Gasteiger partial charge in [0.1, 0.15) is 4.90 Å². The third-order valence-electron chi connectivity index (χ3n) is 6.61. The average molecular weight is 428 g/mol. The van der Waals surface area contributed by atoms with Crippen LogP contribution in [0, 0.1) is 11.3 Å². The van der Waals surface area contributed by atoms with Crippen LogP contribution in [-0.2, 0) is 21.2 Å². The lowest BCUT2D eigenvalue weighted by atomic mass is 9.67. The van der Waals surface area contributed by atoms with Gasteiger partial charge in [-0.2, -0.15) is 4.31 Å². The molecule has 1 saturated heterocycles. The number of pyridine rings is 1. The van der Waals surface area contributed by atoms with Crippen molar-refractivity contribution in [1.82, 2.24) is 14.6 Å². The van der Waals surface area contributed by atoms with Gasteiger partial charge >= 0.3 is 0 Å². The maximum Gasteiger partial charge on any atom is 0.244 e.